The van der Waals surface area contributed by atoms with Gasteiger partial charge in [-0.1, -0.05) is 47.6 Å². The average molecular weight is 570 g/mol. The Morgan fingerprint density at radius 2 is 1.59 bits per heavy atom. The fourth-order valence-corrected chi connectivity index (χ4v) is 3.99. The molecule has 41 heavy (non-hydrogen) atoms. The number of carbonyl (C=O) groups excluding carboxylic acids is 2. The number of nitrogens with zero attached hydrogens (tertiary/aromatic N) is 2. The van der Waals surface area contributed by atoms with Gasteiger partial charge in [0, 0.05) is 19.5 Å². The van der Waals surface area contributed by atoms with Gasteiger partial charge < -0.3 is 24.5 Å². The van der Waals surface area contributed by atoms with Crippen molar-refractivity contribution in [2.24, 2.45) is 5.16 Å². The Bertz CT molecular complexity index is 1310. The van der Waals surface area contributed by atoms with Crippen molar-refractivity contribution < 1.29 is 37.1 Å². The Balaban J connectivity index is 1.33. The quantitative estimate of drug-likeness (QED) is 0.276. The molecular formula is C30H30F3N3O5. The first-order chi connectivity index (χ1) is 19.8. The second-order valence-electron chi connectivity index (χ2n) is 9.25. The molecule has 1 saturated heterocycles. The van der Waals surface area contributed by atoms with Crippen molar-refractivity contribution in [3.63, 3.8) is 0 Å². The highest BCUT2D eigenvalue weighted by Crippen LogP contribution is 2.29. The maximum atomic E-state index is 12.8. The van der Waals surface area contributed by atoms with Crippen LogP contribution < -0.4 is 10.1 Å². The Morgan fingerprint density at radius 3 is 2.24 bits per heavy atom. The van der Waals surface area contributed by atoms with Crippen molar-refractivity contribution in [2.75, 3.05) is 39.5 Å². The predicted octanol–water partition coefficient (Wildman–Crippen LogP) is 4.22. The van der Waals surface area contributed by atoms with Gasteiger partial charge in [-0.3, -0.25) is 9.59 Å². The van der Waals surface area contributed by atoms with E-state index in [9.17, 15) is 22.8 Å². The summed E-state index contributed by atoms with van der Waals surface area (Å²) >= 11 is 0. The third kappa shape index (κ3) is 9.35. The number of halogens is 3. The lowest BCUT2D eigenvalue weighted by atomic mass is 10.0. The summed E-state index contributed by atoms with van der Waals surface area (Å²) in [4.78, 5) is 31.5. The van der Waals surface area contributed by atoms with Crippen LogP contribution in [0, 0.1) is 0 Å². The minimum absolute atomic E-state index is 0.000768. The molecule has 1 N–H and O–H groups in total. The summed E-state index contributed by atoms with van der Waals surface area (Å²) in [5.74, 6) is -0.136. The molecule has 11 heteroatoms. The van der Waals surface area contributed by atoms with Crippen LogP contribution in [0.3, 0.4) is 0 Å². The van der Waals surface area contributed by atoms with Gasteiger partial charge in [-0.05, 0) is 53.1 Å². The molecule has 1 fully saturated rings. The highest BCUT2D eigenvalue weighted by molar-refractivity contribution is 6.01. The van der Waals surface area contributed by atoms with Gasteiger partial charge in [0.15, 0.2) is 6.61 Å². The zero-order chi connectivity index (χ0) is 29.1. The minimum Gasteiger partial charge on any atom is -0.484 e. The summed E-state index contributed by atoms with van der Waals surface area (Å²) in [6, 6.07) is 21.3. The van der Waals surface area contributed by atoms with Crippen molar-refractivity contribution in [1.29, 1.82) is 0 Å². The fourth-order valence-electron chi connectivity index (χ4n) is 3.99. The minimum atomic E-state index is -4.40. The van der Waals surface area contributed by atoms with E-state index in [2.05, 4.69) is 10.5 Å². The number of nitrogens with one attached hydrogen (secondary N) is 1. The lowest BCUT2D eigenvalue weighted by Gasteiger charge is -2.26. The molecule has 2 amide bonds. The maximum absolute atomic E-state index is 12.8. The van der Waals surface area contributed by atoms with Crippen LogP contribution in [-0.4, -0.2) is 61.9 Å². The number of alkyl halides is 3. The molecule has 1 aliphatic rings. The first-order valence-electron chi connectivity index (χ1n) is 13.0. The lowest BCUT2D eigenvalue weighted by Crippen LogP contribution is -2.46. The molecule has 1 aliphatic heterocycles. The number of rotatable bonds is 11. The monoisotopic (exact) mass is 569 g/mol. The molecule has 216 valence electrons. The van der Waals surface area contributed by atoms with E-state index in [1.54, 1.807) is 29.2 Å². The van der Waals surface area contributed by atoms with Crippen LogP contribution in [0.5, 0.6) is 5.75 Å². The Hall–Kier alpha value is -4.38. The third-order valence-corrected chi connectivity index (χ3v) is 6.26. The highest BCUT2D eigenvalue weighted by Gasteiger charge is 2.29. The van der Waals surface area contributed by atoms with Crippen molar-refractivity contribution in [3.05, 3.63) is 101 Å². The second kappa shape index (κ2) is 14.3. The molecule has 0 atom stereocenters. The molecule has 0 aromatic heterocycles. The van der Waals surface area contributed by atoms with Crippen molar-refractivity contribution in [2.45, 2.75) is 19.2 Å². The third-order valence-electron chi connectivity index (χ3n) is 6.26. The van der Waals surface area contributed by atoms with Gasteiger partial charge >= 0.3 is 6.18 Å². The van der Waals surface area contributed by atoms with E-state index in [0.717, 1.165) is 23.3 Å². The fraction of sp³-hybridized carbons (Fsp3) is 0.300. The average Bonchev–Trinajstić information content (AvgIpc) is 2.99. The summed E-state index contributed by atoms with van der Waals surface area (Å²) < 4.78 is 49.2. The molecule has 0 radical (unpaired) electrons. The van der Waals surface area contributed by atoms with Crippen molar-refractivity contribution in [3.8, 4) is 5.75 Å². The van der Waals surface area contributed by atoms with Crippen LogP contribution >= 0.6 is 0 Å². The molecule has 3 aromatic carbocycles. The SMILES string of the molecule is O=C(COc1ccc(C(Cc2ccccc2)=NOCc2ccc(C(F)(F)F)cc2)cc1)NCC(=O)N1CCOCC1. The van der Waals surface area contributed by atoms with Gasteiger partial charge in [0.05, 0.1) is 31.0 Å². The zero-order valence-corrected chi connectivity index (χ0v) is 22.2. The van der Waals surface area contributed by atoms with E-state index in [4.69, 9.17) is 14.3 Å². The van der Waals surface area contributed by atoms with Crippen LogP contribution in [0.15, 0.2) is 84.0 Å². The van der Waals surface area contributed by atoms with E-state index in [-0.39, 0.29) is 25.7 Å². The van der Waals surface area contributed by atoms with Gasteiger partial charge in [0.25, 0.3) is 5.91 Å². The summed E-state index contributed by atoms with van der Waals surface area (Å²) in [5.41, 5.74) is 2.17. The van der Waals surface area contributed by atoms with Crippen LogP contribution in [0.2, 0.25) is 0 Å². The molecular weight excluding hydrogens is 539 g/mol. The van der Waals surface area contributed by atoms with Crippen molar-refractivity contribution in [1.82, 2.24) is 10.2 Å². The van der Waals surface area contributed by atoms with Gasteiger partial charge in [-0.15, -0.1) is 0 Å². The largest absolute Gasteiger partial charge is 0.484 e. The number of ether oxygens (including phenoxy) is 2. The lowest BCUT2D eigenvalue weighted by molar-refractivity contribution is -0.137. The van der Waals surface area contributed by atoms with Gasteiger partial charge in [0.2, 0.25) is 5.91 Å². The Kier molecular flexibility index (Phi) is 10.3. The van der Waals surface area contributed by atoms with Gasteiger partial charge in [0.1, 0.15) is 12.4 Å². The van der Waals surface area contributed by atoms with Crippen molar-refractivity contribution >= 4 is 17.5 Å². The normalized spacial score (nSPS) is 13.9. The number of benzene rings is 3. The van der Waals surface area contributed by atoms with Crippen LogP contribution in [0.1, 0.15) is 22.3 Å². The van der Waals surface area contributed by atoms with Crippen LogP contribution in [-0.2, 0) is 38.4 Å². The van der Waals surface area contributed by atoms with Gasteiger partial charge in [-0.2, -0.15) is 13.2 Å². The molecule has 1 heterocycles. The van der Waals surface area contributed by atoms with E-state index < -0.39 is 17.6 Å². The molecule has 3 aromatic rings. The number of morpholine rings is 1. The summed E-state index contributed by atoms with van der Waals surface area (Å²) in [5, 5.41) is 6.85. The number of hydrogen-bond donors (Lipinski definition) is 1. The van der Waals surface area contributed by atoms with Gasteiger partial charge in [-0.25, -0.2) is 0 Å². The first kappa shape index (κ1) is 29.6. The summed E-state index contributed by atoms with van der Waals surface area (Å²) in [7, 11) is 0. The number of oxime groups is 1. The maximum Gasteiger partial charge on any atom is 0.416 e. The smallest absolute Gasteiger partial charge is 0.416 e. The van der Waals surface area contributed by atoms with E-state index in [1.165, 1.54) is 12.1 Å². The predicted molar refractivity (Wildman–Crippen MR) is 145 cm³/mol. The Morgan fingerprint density at radius 1 is 0.902 bits per heavy atom. The molecule has 0 unspecified atom stereocenters. The standard InChI is InChI=1S/C30H30F3N3O5/c31-30(32,33)25-10-6-23(7-11-25)20-41-35-27(18-22-4-2-1-3-5-22)24-8-12-26(13-9-24)40-21-28(37)34-19-29(38)36-14-16-39-17-15-36/h1-13H,14-21H2,(H,34,37). The molecule has 0 spiro atoms. The van der Waals surface area contributed by atoms with E-state index in [0.29, 0.717) is 49.7 Å². The van der Waals surface area contributed by atoms with E-state index >= 15 is 0 Å². The Labute approximate surface area is 235 Å². The molecule has 4 rings (SSSR count). The topological polar surface area (TPSA) is 89.5 Å². The molecule has 0 saturated carbocycles. The highest BCUT2D eigenvalue weighted by atomic mass is 19.4. The zero-order valence-electron chi connectivity index (χ0n) is 22.2. The first-order valence-corrected chi connectivity index (χ1v) is 13.0. The van der Waals surface area contributed by atoms with Crippen LogP contribution in [0.4, 0.5) is 13.2 Å². The van der Waals surface area contributed by atoms with Crippen LogP contribution in [0.25, 0.3) is 0 Å². The number of carbonyl (C=O) groups is 2. The molecule has 8 nitrogen and oxygen atoms in total. The molecule has 0 bridgehead atoms. The number of hydrogen-bond acceptors (Lipinski definition) is 6. The number of amides is 2. The second-order valence-corrected chi connectivity index (χ2v) is 9.25. The van der Waals surface area contributed by atoms with E-state index in [1.807, 2.05) is 30.3 Å². The summed E-state index contributed by atoms with van der Waals surface area (Å²) in [6.45, 7) is 1.63. The molecule has 0 aliphatic carbocycles. The summed E-state index contributed by atoms with van der Waals surface area (Å²) in [6.07, 6.45) is -3.95.